The third-order valence-electron chi connectivity index (χ3n) is 4.78. The minimum atomic E-state index is -1.47. The van der Waals surface area contributed by atoms with E-state index < -0.39 is 16.3 Å². The SMILES string of the molecule is C=CCCC1(CCC(Br)(C(=O)OC)C(=O)OC)C(C)=CC=C1C. The summed E-state index contributed by atoms with van der Waals surface area (Å²) in [5, 5.41) is 0. The molecule has 0 N–H and O–H groups in total. The molecule has 1 rings (SSSR count). The minimum absolute atomic E-state index is 0.157. The fraction of sp³-hybridized carbons (Fsp3) is 0.556. The molecule has 0 heterocycles. The zero-order chi connectivity index (χ0) is 17.7. The quantitative estimate of drug-likeness (QED) is 0.273. The Morgan fingerprint density at radius 3 is 2.04 bits per heavy atom. The zero-order valence-electron chi connectivity index (χ0n) is 14.3. The Morgan fingerprint density at radius 2 is 1.65 bits per heavy atom. The molecule has 0 amide bonds. The highest BCUT2D eigenvalue weighted by Gasteiger charge is 2.48. The number of alkyl halides is 1. The summed E-state index contributed by atoms with van der Waals surface area (Å²) in [5.74, 6) is -1.27. The van der Waals surface area contributed by atoms with Crippen LogP contribution in [0.5, 0.6) is 0 Å². The molecule has 0 radical (unpaired) electrons. The van der Waals surface area contributed by atoms with Crippen LogP contribution in [0.15, 0.2) is 36.0 Å². The predicted molar refractivity (Wildman–Crippen MR) is 94.3 cm³/mol. The second-order valence-corrected chi connectivity index (χ2v) is 7.25. The Balaban J connectivity index is 3.07. The lowest BCUT2D eigenvalue weighted by molar-refractivity contribution is -0.156. The topological polar surface area (TPSA) is 52.6 Å². The van der Waals surface area contributed by atoms with Gasteiger partial charge in [0.15, 0.2) is 0 Å². The highest BCUT2D eigenvalue weighted by Crippen LogP contribution is 2.49. The van der Waals surface area contributed by atoms with Crippen LogP contribution in [0.2, 0.25) is 0 Å². The van der Waals surface area contributed by atoms with Gasteiger partial charge in [0.2, 0.25) is 4.32 Å². The lowest BCUT2D eigenvalue weighted by Gasteiger charge is -2.35. The van der Waals surface area contributed by atoms with Crippen molar-refractivity contribution in [2.24, 2.45) is 5.41 Å². The Labute approximate surface area is 146 Å². The molecule has 4 nitrogen and oxygen atoms in total. The molecule has 0 aromatic heterocycles. The molecule has 1 aliphatic carbocycles. The van der Waals surface area contributed by atoms with Crippen molar-refractivity contribution in [1.82, 2.24) is 0 Å². The van der Waals surface area contributed by atoms with Gasteiger partial charge in [-0.05, 0) is 39.5 Å². The normalized spacial score (nSPS) is 16.4. The summed E-state index contributed by atoms with van der Waals surface area (Å²) in [6, 6.07) is 0. The molecule has 0 aliphatic heterocycles. The summed E-state index contributed by atoms with van der Waals surface area (Å²) in [7, 11) is 2.53. The summed E-state index contributed by atoms with van der Waals surface area (Å²) < 4.78 is 8.11. The molecular weight excluding hydrogens is 360 g/mol. The first kappa shape index (κ1) is 19.7. The van der Waals surface area contributed by atoms with Crippen molar-refractivity contribution < 1.29 is 19.1 Å². The highest BCUT2D eigenvalue weighted by molar-refractivity contribution is 9.10. The monoisotopic (exact) mass is 384 g/mol. The summed E-state index contributed by atoms with van der Waals surface area (Å²) >= 11 is 3.27. The molecule has 0 saturated carbocycles. The van der Waals surface area contributed by atoms with E-state index in [1.165, 1.54) is 25.4 Å². The standard InChI is InChI=1S/C18H25BrO4/c1-6-7-10-17(13(2)8-9-14(17)3)11-12-18(19,15(20)22-4)16(21)23-5/h6,8-9H,1,7,10-12H2,2-5H3. The van der Waals surface area contributed by atoms with Crippen LogP contribution in [-0.2, 0) is 19.1 Å². The number of rotatable bonds is 8. The average Bonchev–Trinajstić information content (AvgIpc) is 2.84. The molecule has 0 fully saturated rings. The molecular formula is C18H25BrO4. The van der Waals surface area contributed by atoms with Gasteiger partial charge >= 0.3 is 11.9 Å². The maximum atomic E-state index is 12.1. The van der Waals surface area contributed by atoms with Gasteiger partial charge in [0.1, 0.15) is 0 Å². The number of halogens is 1. The van der Waals surface area contributed by atoms with E-state index >= 15 is 0 Å². The maximum absolute atomic E-state index is 12.1. The van der Waals surface area contributed by atoms with Crippen LogP contribution >= 0.6 is 15.9 Å². The van der Waals surface area contributed by atoms with E-state index in [1.807, 2.05) is 6.08 Å². The third-order valence-corrected chi connectivity index (χ3v) is 5.83. The average molecular weight is 385 g/mol. The molecule has 0 bridgehead atoms. The summed E-state index contributed by atoms with van der Waals surface area (Å²) in [4.78, 5) is 24.2. The summed E-state index contributed by atoms with van der Waals surface area (Å²) in [6.07, 6.45) is 8.79. The Kier molecular flexibility index (Phi) is 6.81. The van der Waals surface area contributed by atoms with Crippen LogP contribution in [-0.4, -0.2) is 30.5 Å². The van der Waals surface area contributed by atoms with Crippen molar-refractivity contribution >= 4 is 27.9 Å². The zero-order valence-corrected chi connectivity index (χ0v) is 15.9. The van der Waals surface area contributed by atoms with Gasteiger partial charge in [-0.15, -0.1) is 6.58 Å². The predicted octanol–water partition coefficient (Wildman–Crippen LogP) is 4.11. The number of carbonyl (C=O) groups excluding carboxylic acids is 2. The molecule has 0 spiro atoms. The highest BCUT2D eigenvalue weighted by atomic mass is 79.9. The van der Waals surface area contributed by atoms with Gasteiger partial charge < -0.3 is 9.47 Å². The number of hydrogen-bond acceptors (Lipinski definition) is 4. The molecule has 0 aromatic carbocycles. The second kappa shape index (κ2) is 7.95. The number of allylic oxidation sites excluding steroid dienone is 5. The lowest BCUT2D eigenvalue weighted by Crippen LogP contribution is -2.43. The van der Waals surface area contributed by atoms with Gasteiger partial charge in [-0.25, -0.2) is 9.59 Å². The van der Waals surface area contributed by atoms with Crippen LogP contribution in [0.1, 0.15) is 39.5 Å². The van der Waals surface area contributed by atoms with E-state index in [2.05, 4.69) is 48.5 Å². The van der Waals surface area contributed by atoms with Crippen LogP contribution in [0.25, 0.3) is 0 Å². The van der Waals surface area contributed by atoms with E-state index in [0.29, 0.717) is 12.8 Å². The van der Waals surface area contributed by atoms with Crippen molar-refractivity contribution in [2.45, 2.75) is 43.9 Å². The first-order chi connectivity index (χ1) is 10.8. The van der Waals surface area contributed by atoms with Crippen LogP contribution in [0.3, 0.4) is 0 Å². The molecule has 0 aromatic rings. The smallest absolute Gasteiger partial charge is 0.334 e. The van der Waals surface area contributed by atoms with Crippen molar-refractivity contribution in [3.05, 3.63) is 36.0 Å². The molecule has 23 heavy (non-hydrogen) atoms. The second-order valence-electron chi connectivity index (χ2n) is 5.89. The van der Waals surface area contributed by atoms with Crippen molar-refractivity contribution in [1.29, 1.82) is 0 Å². The Morgan fingerprint density at radius 1 is 1.17 bits per heavy atom. The van der Waals surface area contributed by atoms with Gasteiger partial charge in [-0.1, -0.05) is 45.3 Å². The van der Waals surface area contributed by atoms with Gasteiger partial charge in [0.25, 0.3) is 0 Å². The van der Waals surface area contributed by atoms with Crippen molar-refractivity contribution in [3.63, 3.8) is 0 Å². The van der Waals surface area contributed by atoms with Crippen molar-refractivity contribution in [2.75, 3.05) is 14.2 Å². The van der Waals surface area contributed by atoms with Gasteiger partial charge in [-0.3, -0.25) is 0 Å². The fourth-order valence-corrected chi connectivity index (χ4v) is 3.66. The molecule has 1 aliphatic rings. The molecule has 128 valence electrons. The van der Waals surface area contributed by atoms with E-state index in [0.717, 1.165) is 12.8 Å². The Bertz CT molecular complexity index is 511. The van der Waals surface area contributed by atoms with E-state index in [1.54, 1.807) is 0 Å². The number of methoxy groups -OCH3 is 2. The van der Waals surface area contributed by atoms with Gasteiger partial charge in [-0.2, -0.15) is 0 Å². The van der Waals surface area contributed by atoms with Crippen LogP contribution in [0.4, 0.5) is 0 Å². The van der Waals surface area contributed by atoms with Crippen LogP contribution in [0, 0.1) is 5.41 Å². The van der Waals surface area contributed by atoms with Crippen LogP contribution < -0.4 is 0 Å². The van der Waals surface area contributed by atoms with Gasteiger partial charge in [0, 0.05) is 5.41 Å². The number of ether oxygens (including phenoxy) is 2. The largest absolute Gasteiger partial charge is 0.468 e. The fourth-order valence-electron chi connectivity index (χ4n) is 3.14. The number of hydrogen-bond donors (Lipinski definition) is 0. The Hall–Kier alpha value is -1.36. The minimum Gasteiger partial charge on any atom is -0.468 e. The van der Waals surface area contributed by atoms with E-state index in [9.17, 15) is 9.59 Å². The van der Waals surface area contributed by atoms with Gasteiger partial charge in [0.05, 0.1) is 14.2 Å². The maximum Gasteiger partial charge on any atom is 0.334 e. The lowest BCUT2D eigenvalue weighted by atomic mass is 9.70. The number of carbonyl (C=O) groups is 2. The third kappa shape index (κ3) is 3.77. The first-order valence-corrected chi connectivity index (χ1v) is 8.40. The molecule has 5 heteroatoms. The van der Waals surface area contributed by atoms with E-state index in [4.69, 9.17) is 9.47 Å². The molecule has 0 saturated heterocycles. The first-order valence-electron chi connectivity index (χ1n) is 7.61. The molecule has 0 atom stereocenters. The van der Waals surface area contributed by atoms with E-state index in [-0.39, 0.29) is 5.41 Å². The number of esters is 2. The summed E-state index contributed by atoms with van der Waals surface area (Å²) in [5.41, 5.74) is 2.32. The van der Waals surface area contributed by atoms with Crippen molar-refractivity contribution in [3.8, 4) is 0 Å². The molecule has 0 unspecified atom stereocenters. The summed E-state index contributed by atoms with van der Waals surface area (Å²) in [6.45, 7) is 7.97.